The summed E-state index contributed by atoms with van der Waals surface area (Å²) in [6.07, 6.45) is 11.4. The average molecular weight is 328 g/mol. The summed E-state index contributed by atoms with van der Waals surface area (Å²) in [5, 5.41) is 37.3. The van der Waals surface area contributed by atoms with Crippen LogP contribution in [0.5, 0.6) is 0 Å². The van der Waals surface area contributed by atoms with E-state index in [0.717, 1.165) is 38.5 Å². The number of hydrogen-bond donors (Lipinski definition) is 4. The van der Waals surface area contributed by atoms with Crippen molar-refractivity contribution in [3.63, 3.8) is 0 Å². The van der Waals surface area contributed by atoms with Crippen molar-refractivity contribution in [2.45, 2.75) is 83.0 Å². The number of carboxylic acids is 1. The van der Waals surface area contributed by atoms with Gasteiger partial charge in [-0.3, -0.25) is 4.79 Å². The molecule has 23 heavy (non-hydrogen) atoms. The average Bonchev–Trinajstić information content (AvgIpc) is 2.53. The van der Waals surface area contributed by atoms with Crippen molar-refractivity contribution < 1.29 is 25.2 Å². The molecule has 0 bridgehead atoms. The summed E-state index contributed by atoms with van der Waals surface area (Å²) >= 11 is 0. The zero-order valence-electron chi connectivity index (χ0n) is 14.1. The van der Waals surface area contributed by atoms with Crippen molar-refractivity contribution in [3.8, 4) is 0 Å². The van der Waals surface area contributed by atoms with Gasteiger partial charge in [-0.2, -0.15) is 0 Å². The molecule has 0 rings (SSSR count). The summed E-state index contributed by atoms with van der Waals surface area (Å²) in [6.45, 7) is 1.84. The smallest absolute Gasteiger partial charge is 0.303 e. The van der Waals surface area contributed by atoms with Gasteiger partial charge >= 0.3 is 5.97 Å². The molecule has 5 nitrogen and oxygen atoms in total. The quantitative estimate of drug-likeness (QED) is 0.290. The van der Waals surface area contributed by atoms with E-state index in [-0.39, 0.29) is 6.42 Å². The van der Waals surface area contributed by atoms with Gasteiger partial charge in [0.05, 0.1) is 18.3 Å². The lowest BCUT2D eigenvalue weighted by Gasteiger charge is -2.12. The Labute approximate surface area is 139 Å². The number of carboxylic acid groups (broad SMARTS) is 1. The summed E-state index contributed by atoms with van der Waals surface area (Å²) in [5.74, 6) is -0.729. The van der Waals surface area contributed by atoms with Crippen molar-refractivity contribution in [2.75, 3.05) is 0 Å². The predicted octanol–water partition coefficient (Wildman–Crippen LogP) is 2.80. The molecule has 0 aromatic carbocycles. The minimum absolute atomic E-state index is 0.254. The van der Waals surface area contributed by atoms with E-state index in [1.807, 2.05) is 19.1 Å². The predicted molar refractivity (Wildman–Crippen MR) is 91.2 cm³/mol. The number of aliphatic hydroxyl groups excluding tert-OH is 3. The zero-order valence-corrected chi connectivity index (χ0v) is 14.1. The van der Waals surface area contributed by atoms with E-state index in [2.05, 4.69) is 0 Å². The van der Waals surface area contributed by atoms with E-state index < -0.39 is 24.3 Å². The molecule has 0 saturated carbocycles. The van der Waals surface area contributed by atoms with Crippen molar-refractivity contribution in [3.05, 3.63) is 24.3 Å². The standard InChI is InChI=1S/C18H32O5/c1-2-15(19)13-14-17(21)16(20)11-9-7-5-3-4-6-8-10-12-18(22)23/h7,9,13-17,19-21H,2-6,8,10-12H2,1H3,(H,22,23)/b9-7-,14-13+/t15-,16+,17+/m0/s1. The second-order valence-corrected chi connectivity index (χ2v) is 5.83. The van der Waals surface area contributed by atoms with Crippen LogP contribution in [0.1, 0.15) is 64.7 Å². The van der Waals surface area contributed by atoms with E-state index in [9.17, 15) is 20.1 Å². The van der Waals surface area contributed by atoms with Crippen LogP contribution in [-0.4, -0.2) is 44.7 Å². The Morgan fingerprint density at radius 1 is 0.957 bits per heavy atom. The van der Waals surface area contributed by atoms with Crippen molar-refractivity contribution >= 4 is 5.97 Å². The first-order valence-corrected chi connectivity index (χ1v) is 8.56. The van der Waals surface area contributed by atoms with E-state index in [1.165, 1.54) is 12.2 Å². The number of aliphatic hydroxyl groups is 3. The molecule has 0 aliphatic heterocycles. The minimum Gasteiger partial charge on any atom is -0.481 e. The summed E-state index contributed by atoms with van der Waals surface area (Å²) < 4.78 is 0. The third-order valence-corrected chi connectivity index (χ3v) is 3.65. The van der Waals surface area contributed by atoms with E-state index in [1.54, 1.807) is 0 Å². The van der Waals surface area contributed by atoms with E-state index in [0.29, 0.717) is 12.8 Å². The Kier molecular flexibility index (Phi) is 13.7. The number of carbonyl (C=O) groups is 1. The fourth-order valence-electron chi connectivity index (χ4n) is 2.07. The molecule has 3 atom stereocenters. The van der Waals surface area contributed by atoms with Gasteiger partial charge in [-0.05, 0) is 32.1 Å². The van der Waals surface area contributed by atoms with Crippen LogP contribution in [0.15, 0.2) is 24.3 Å². The molecule has 0 aromatic rings. The van der Waals surface area contributed by atoms with Gasteiger partial charge < -0.3 is 20.4 Å². The molecule has 4 N–H and O–H groups in total. The maximum absolute atomic E-state index is 10.3. The first-order chi connectivity index (χ1) is 11.0. The Morgan fingerprint density at radius 3 is 2.26 bits per heavy atom. The molecule has 134 valence electrons. The summed E-state index contributed by atoms with van der Waals surface area (Å²) in [5.41, 5.74) is 0. The van der Waals surface area contributed by atoms with Crippen molar-refractivity contribution in [1.29, 1.82) is 0 Å². The first-order valence-electron chi connectivity index (χ1n) is 8.56. The molecule has 0 spiro atoms. The third-order valence-electron chi connectivity index (χ3n) is 3.65. The van der Waals surface area contributed by atoms with Crippen LogP contribution >= 0.6 is 0 Å². The monoisotopic (exact) mass is 328 g/mol. The summed E-state index contributed by atoms with van der Waals surface area (Å²) in [7, 11) is 0. The molecule has 0 heterocycles. The van der Waals surface area contributed by atoms with Crippen LogP contribution < -0.4 is 0 Å². The van der Waals surface area contributed by atoms with Crippen LogP contribution in [0.4, 0.5) is 0 Å². The lowest BCUT2D eigenvalue weighted by Crippen LogP contribution is -2.23. The van der Waals surface area contributed by atoms with E-state index >= 15 is 0 Å². The van der Waals surface area contributed by atoms with Gasteiger partial charge in [0.1, 0.15) is 0 Å². The Hall–Kier alpha value is -1.17. The molecule has 0 amide bonds. The fraction of sp³-hybridized carbons (Fsp3) is 0.722. The number of hydrogen-bond acceptors (Lipinski definition) is 4. The molecule has 0 aliphatic rings. The SMILES string of the molecule is CC[C@H](O)/C=C/[C@@H](O)[C@H](O)C/C=C\CCCCCCCC(=O)O. The van der Waals surface area contributed by atoms with Crippen molar-refractivity contribution in [1.82, 2.24) is 0 Å². The first kappa shape index (κ1) is 21.8. The normalized spacial score (nSPS) is 16.0. The van der Waals surface area contributed by atoms with Gasteiger partial charge in [0.2, 0.25) is 0 Å². The fourth-order valence-corrected chi connectivity index (χ4v) is 2.07. The highest BCUT2D eigenvalue weighted by molar-refractivity contribution is 5.66. The Balaban J connectivity index is 3.61. The molecular formula is C18H32O5. The molecule has 0 saturated heterocycles. The lowest BCUT2D eigenvalue weighted by molar-refractivity contribution is -0.137. The van der Waals surface area contributed by atoms with Gasteiger partial charge in [-0.15, -0.1) is 0 Å². The second-order valence-electron chi connectivity index (χ2n) is 5.83. The molecule has 0 radical (unpaired) electrons. The van der Waals surface area contributed by atoms with Gasteiger partial charge in [-0.1, -0.05) is 50.5 Å². The topological polar surface area (TPSA) is 98.0 Å². The summed E-state index contributed by atoms with van der Waals surface area (Å²) in [4.78, 5) is 10.3. The molecule has 5 heteroatoms. The summed E-state index contributed by atoms with van der Waals surface area (Å²) in [6, 6.07) is 0. The highest BCUT2D eigenvalue weighted by Crippen LogP contribution is 2.09. The molecular weight excluding hydrogens is 296 g/mol. The largest absolute Gasteiger partial charge is 0.481 e. The van der Waals surface area contributed by atoms with Crippen molar-refractivity contribution in [2.24, 2.45) is 0 Å². The molecule has 0 unspecified atom stereocenters. The van der Waals surface area contributed by atoms with Gasteiger partial charge in [0.15, 0.2) is 0 Å². The zero-order chi connectivity index (χ0) is 17.5. The van der Waals surface area contributed by atoms with Crippen LogP contribution in [0, 0.1) is 0 Å². The van der Waals surface area contributed by atoms with Crippen LogP contribution in [0.25, 0.3) is 0 Å². The minimum atomic E-state index is -0.963. The molecule has 0 aliphatic carbocycles. The maximum atomic E-state index is 10.3. The number of unbranched alkanes of at least 4 members (excludes halogenated alkanes) is 5. The number of aliphatic carboxylic acids is 1. The highest BCUT2D eigenvalue weighted by atomic mass is 16.4. The van der Waals surface area contributed by atoms with Crippen LogP contribution in [0.3, 0.4) is 0 Å². The number of rotatable bonds is 14. The molecule has 0 fully saturated rings. The van der Waals surface area contributed by atoms with Gasteiger partial charge in [0, 0.05) is 6.42 Å². The third kappa shape index (κ3) is 14.2. The molecule has 0 aromatic heterocycles. The van der Waals surface area contributed by atoms with Crippen LogP contribution in [-0.2, 0) is 4.79 Å². The maximum Gasteiger partial charge on any atom is 0.303 e. The van der Waals surface area contributed by atoms with Crippen LogP contribution in [0.2, 0.25) is 0 Å². The number of allylic oxidation sites excluding steroid dienone is 1. The Morgan fingerprint density at radius 2 is 1.61 bits per heavy atom. The van der Waals surface area contributed by atoms with E-state index in [4.69, 9.17) is 5.11 Å². The van der Waals surface area contributed by atoms with Gasteiger partial charge in [0.25, 0.3) is 0 Å². The highest BCUT2D eigenvalue weighted by Gasteiger charge is 2.11. The second kappa shape index (κ2) is 14.4. The van der Waals surface area contributed by atoms with Gasteiger partial charge in [-0.25, -0.2) is 0 Å². The Bertz CT molecular complexity index is 351. The lowest BCUT2D eigenvalue weighted by atomic mass is 10.1.